The van der Waals surface area contributed by atoms with Crippen molar-refractivity contribution in [3.63, 3.8) is 0 Å². The molecule has 1 aromatic carbocycles. The molecular weight excluding hydrogens is 322 g/mol. The highest BCUT2D eigenvalue weighted by molar-refractivity contribution is 8.01. The fourth-order valence-corrected chi connectivity index (χ4v) is 3.21. The van der Waals surface area contributed by atoms with Crippen molar-refractivity contribution in [1.29, 1.82) is 0 Å². The van der Waals surface area contributed by atoms with Gasteiger partial charge in [-0.05, 0) is 36.9 Å². The van der Waals surface area contributed by atoms with E-state index in [1.807, 2.05) is 6.92 Å². The molecule has 0 saturated heterocycles. The Morgan fingerprint density at radius 2 is 2.00 bits per heavy atom. The molecule has 2 aromatic rings. The first-order valence-corrected chi connectivity index (χ1v) is 8.50. The Morgan fingerprint density at radius 3 is 2.64 bits per heavy atom. The van der Waals surface area contributed by atoms with E-state index in [1.165, 1.54) is 11.3 Å². The summed E-state index contributed by atoms with van der Waals surface area (Å²) in [7, 11) is 1.60. The summed E-state index contributed by atoms with van der Waals surface area (Å²) in [6.07, 6.45) is -0.639. The summed E-state index contributed by atoms with van der Waals surface area (Å²) in [4.78, 5) is 12.1. The van der Waals surface area contributed by atoms with Crippen LogP contribution in [0.25, 0.3) is 0 Å². The molecule has 1 aromatic heterocycles. The number of ether oxygens (including phenoxy) is 2. The van der Waals surface area contributed by atoms with Crippen molar-refractivity contribution in [2.75, 3.05) is 18.2 Å². The third kappa shape index (κ3) is 4.60. The summed E-state index contributed by atoms with van der Waals surface area (Å²) < 4.78 is 11.5. The van der Waals surface area contributed by atoms with Gasteiger partial charge in [0.25, 0.3) is 5.91 Å². The molecule has 0 bridgehead atoms. The highest BCUT2D eigenvalue weighted by Crippen LogP contribution is 2.25. The van der Waals surface area contributed by atoms with Crippen LogP contribution in [-0.2, 0) is 4.79 Å². The molecule has 1 amide bonds. The first kappa shape index (κ1) is 16.6. The third-order valence-electron chi connectivity index (χ3n) is 2.65. The van der Waals surface area contributed by atoms with Crippen LogP contribution in [0.2, 0.25) is 0 Å². The Kier molecular flexibility index (Phi) is 6.02. The van der Waals surface area contributed by atoms with Crippen LogP contribution in [0.5, 0.6) is 11.5 Å². The molecular formula is C14H17N3O3S2. The van der Waals surface area contributed by atoms with Crippen molar-refractivity contribution >= 4 is 34.1 Å². The normalized spacial score (nSPS) is 11.8. The third-order valence-corrected chi connectivity index (χ3v) is 4.50. The maximum Gasteiger partial charge on any atom is 0.266 e. The van der Waals surface area contributed by atoms with Gasteiger partial charge in [-0.1, -0.05) is 30.0 Å². The van der Waals surface area contributed by atoms with E-state index in [2.05, 4.69) is 15.5 Å². The van der Waals surface area contributed by atoms with E-state index in [0.717, 1.165) is 15.8 Å². The van der Waals surface area contributed by atoms with E-state index in [-0.39, 0.29) is 5.91 Å². The first-order valence-electron chi connectivity index (χ1n) is 6.70. The number of methoxy groups -OCH3 is 1. The van der Waals surface area contributed by atoms with Crippen LogP contribution >= 0.6 is 23.1 Å². The highest BCUT2D eigenvalue weighted by atomic mass is 32.2. The second-order valence-electron chi connectivity index (χ2n) is 4.23. The van der Waals surface area contributed by atoms with Crippen molar-refractivity contribution in [2.24, 2.45) is 0 Å². The van der Waals surface area contributed by atoms with E-state index in [0.29, 0.717) is 10.9 Å². The first-order chi connectivity index (χ1) is 10.6. The number of carbonyl (C=O) groups is 1. The van der Waals surface area contributed by atoms with Crippen LogP contribution in [0.15, 0.2) is 28.6 Å². The molecule has 6 nitrogen and oxygen atoms in total. The largest absolute Gasteiger partial charge is 0.497 e. The SMILES string of the molecule is CCSc1nnc(NC(=O)[C@@H](C)Oc2ccc(OC)cc2)s1. The molecule has 8 heteroatoms. The number of aromatic nitrogens is 2. The lowest BCUT2D eigenvalue weighted by Crippen LogP contribution is -2.30. The number of anilines is 1. The molecule has 0 aliphatic heterocycles. The predicted octanol–water partition coefficient (Wildman–Crippen LogP) is 3.06. The Morgan fingerprint density at radius 1 is 1.32 bits per heavy atom. The van der Waals surface area contributed by atoms with Gasteiger partial charge in [-0.3, -0.25) is 10.1 Å². The summed E-state index contributed by atoms with van der Waals surface area (Å²) in [6.45, 7) is 3.72. The maximum absolute atomic E-state index is 12.1. The minimum atomic E-state index is -0.639. The molecule has 0 unspecified atom stereocenters. The number of hydrogen-bond donors (Lipinski definition) is 1. The summed E-state index contributed by atoms with van der Waals surface area (Å²) in [5, 5.41) is 11.1. The maximum atomic E-state index is 12.1. The van der Waals surface area contributed by atoms with Crippen LogP contribution in [0.1, 0.15) is 13.8 Å². The molecule has 1 N–H and O–H groups in total. The van der Waals surface area contributed by atoms with E-state index < -0.39 is 6.10 Å². The average molecular weight is 339 g/mol. The standard InChI is InChI=1S/C14H17N3O3S2/c1-4-21-14-17-16-13(22-14)15-12(18)9(2)20-11-7-5-10(19-3)6-8-11/h5-9H,4H2,1-3H3,(H,15,16,18)/t9-/m1/s1. The Balaban J connectivity index is 1.90. The van der Waals surface area contributed by atoms with Crippen LogP contribution in [0, 0.1) is 0 Å². The van der Waals surface area contributed by atoms with Gasteiger partial charge in [-0.2, -0.15) is 0 Å². The van der Waals surface area contributed by atoms with Crippen molar-refractivity contribution in [1.82, 2.24) is 10.2 Å². The number of hydrogen-bond acceptors (Lipinski definition) is 7. The minimum Gasteiger partial charge on any atom is -0.497 e. The van der Waals surface area contributed by atoms with Crippen molar-refractivity contribution < 1.29 is 14.3 Å². The highest BCUT2D eigenvalue weighted by Gasteiger charge is 2.17. The molecule has 1 heterocycles. The number of rotatable bonds is 7. The van der Waals surface area contributed by atoms with E-state index in [9.17, 15) is 4.79 Å². The smallest absolute Gasteiger partial charge is 0.266 e. The number of amides is 1. The Hall–Kier alpha value is -1.80. The Bertz CT molecular complexity index is 616. The monoisotopic (exact) mass is 339 g/mol. The van der Waals surface area contributed by atoms with Crippen LogP contribution in [0.3, 0.4) is 0 Å². The lowest BCUT2D eigenvalue weighted by Gasteiger charge is -2.13. The van der Waals surface area contributed by atoms with Gasteiger partial charge >= 0.3 is 0 Å². The molecule has 2 rings (SSSR count). The zero-order chi connectivity index (χ0) is 15.9. The zero-order valence-corrected chi connectivity index (χ0v) is 14.2. The van der Waals surface area contributed by atoms with Gasteiger partial charge in [0.2, 0.25) is 5.13 Å². The molecule has 22 heavy (non-hydrogen) atoms. The number of nitrogens with zero attached hydrogens (tertiary/aromatic N) is 2. The molecule has 1 atom stereocenters. The summed E-state index contributed by atoms with van der Waals surface area (Å²) in [5.41, 5.74) is 0. The predicted molar refractivity (Wildman–Crippen MR) is 88.0 cm³/mol. The van der Waals surface area contributed by atoms with Gasteiger partial charge in [0.15, 0.2) is 10.4 Å². The lowest BCUT2D eigenvalue weighted by atomic mass is 10.3. The topological polar surface area (TPSA) is 73.3 Å². The fourth-order valence-electron chi connectivity index (χ4n) is 1.56. The molecule has 0 spiro atoms. The lowest BCUT2D eigenvalue weighted by molar-refractivity contribution is -0.122. The average Bonchev–Trinajstić information content (AvgIpc) is 2.95. The summed E-state index contributed by atoms with van der Waals surface area (Å²) in [6, 6.07) is 7.06. The number of carbonyl (C=O) groups excluding carboxylic acids is 1. The van der Waals surface area contributed by atoms with E-state index >= 15 is 0 Å². The van der Waals surface area contributed by atoms with Crippen molar-refractivity contribution in [3.8, 4) is 11.5 Å². The second-order valence-corrected chi connectivity index (χ2v) is 6.72. The van der Waals surface area contributed by atoms with E-state index in [1.54, 1.807) is 50.1 Å². The summed E-state index contributed by atoms with van der Waals surface area (Å²) >= 11 is 2.94. The Labute approximate surface area is 137 Å². The van der Waals surface area contributed by atoms with Crippen molar-refractivity contribution in [2.45, 2.75) is 24.3 Å². The zero-order valence-electron chi connectivity index (χ0n) is 12.5. The molecule has 0 aliphatic rings. The second kappa shape index (κ2) is 8.00. The number of benzene rings is 1. The van der Waals surface area contributed by atoms with Crippen LogP contribution in [0.4, 0.5) is 5.13 Å². The molecule has 0 radical (unpaired) electrons. The fraction of sp³-hybridized carbons (Fsp3) is 0.357. The van der Waals surface area contributed by atoms with Gasteiger partial charge in [-0.25, -0.2) is 0 Å². The molecule has 0 aliphatic carbocycles. The van der Waals surface area contributed by atoms with Crippen LogP contribution < -0.4 is 14.8 Å². The minimum absolute atomic E-state index is 0.264. The quantitative estimate of drug-likeness (QED) is 0.617. The van der Waals surface area contributed by atoms with Gasteiger partial charge in [0.1, 0.15) is 11.5 Å². The van der Waals surface area contributed by atoms with Gasteiger partial charge in [0, 0.05) is 0 Å². The number of nitrogens with one attached hydrogen (secondary N) is 1. The summed E-state index contributed by atoms with van der Waals surface area (Å²) in [5.74, 6) is 1.99. The number of thioether (sulfide) groups is 1. The van der Waals surface area contributed by atoms with Crippen molar-refractivity contribution in [3.05, 3.63) is 24.3 Å². The van der Waals surface area contributed by atoms with E-state index in [4.69, 9.17) is 9.47 Å². The van der Waals surface area contributed by atoms with Gasteiger partial charge in [0.05, 0.1) is 7.11 Å². The molecule has 0 saturated carbocycles. The van der Waals surface area contributed by atoms with Gasteiger partial charge < -0.3 is 9.47 Å². The van der Waals surface area contributed by atoms with Gasteiger partial charge in [-0.15, -0.1) is 10.2 Å². The molecule has 118 valence electrons. The van der Waals surface area contributed by atoms with Crippen LogP contribution in [-0.4, -0.2) is 35.1 Å². The molecule has 0 fully saturated rings.